The first-order chi connectivity index (χ1) is 6.77. The normalized spacial score (nSPS) is 16.4. The summed E-state index contributed by atoms with van der Waals surface area (Å²) in [6.45, 7) is 0. The van der Waals surface area contributed by atoms with Crippen LogP contribution in [0.3, 0.4) is 0 Å². The molecule has 2 heterocycles. The summed E-state index contributed by atoms with van der Waals surface area (Å²) < 4.78 is 3.06. The Morgan fingerprint density at radius 3 is 2.93 bits per heavy atom. The van der Waals surface area contributed by atoms with Gasteiger partial charge in [-0.1, -0.05) is 0 Å². The Morgan fingerprint density at radius 2 is 2.29 bits per heavy atom. The lowest BCUT2D eigenvalue weighted by Crippen LogP contribution is -1.91. The number of rotatable bonds is 1. The lowest BCUT2D eigenvalue weighted by Gasteiger charge is -1.96. The second kappa shape index (κ2) is 2.73. The van der Waals surface area contributed by atoms with Crippen LogP contribution in [0.25, 0.3) is 5.65 Å². The van der Waals surface area contributed by atoms with Gasteiger partial charge in [0.1, 0.15) is 4.60 Å². The van der Waals surface area contributed by atoms with Gasteiger partial charge in [0.15, 0.2) is 5.65 Å². The monoisotopic (exact) mass is 251 g/mol. The van der Waals surface area contributed by atoms with Crippen molar-refractivity contribution < 1.29 is 0 Å². The van der Waals surface area contributed by atoms with E-state index >= 15 is 0 Å². The molecule has 0 amide bonds. The molecule has 0 saturated heterocycles. The smallest absolute Gasteiger partial charge is 0.161 e. The minimum atomic E-state index is 0.642. The lowest BCUT2D eigenvalue weighted by molar-refractivity contribution is 1.04. The van der Waals surface area contributed by atoms with Gasteiger partial charge in [-0.3, -0.25) is 4.40 Å². The number of fused-ring (bicyclic) bond motifs is 1. The van der Waals surface area contributed by atoms with E-state index in [4.69, 9.17) is 5.73 Å². The maximum atomic E-state index is 5.85. The molecule has 72 valence electrons. The molecular formula is C10H10BrN3. The van der Waals surface area contributed by atoms with E-state index in [1.54, 1.807) is 0 Å². The summed E-state index contributed by atoms with van der Waals surface area (Å²) in [5, 5.41) is 0. The minimum Gasteiger partial charge on any atom is -0.396 e. The van der Waals surface area contributed by atoms with Gasteiger partial charge in [0.25, 0.3) is 0 Å². The number of nitrogens with two attached hydrogens (primary N) is 1. The van der Waals surface area contributed by atoms with Crippen molar-refractivity contribution in [3.8, 4) is 0 Å². The van der Waals surface area contributed by atoms with E-state index in [0.29, 0.717) is 5.92 Å². The first-order valence-electron chi connectivity index (χ1n) is 4.69. The number of imidazole rings is 1. The molecule has 1 aliphatic carbocycles. The second-order valence-electron chi connectivity index (χ2n) is 3.72. The minimum absolute atomic E-state index is 0.642. The molecule has 1 aliphatic rings. The molecule has 1 saturated carbocycles. The van der Waals surface area contributed by atoms with Gasteiger partial charge >= 0.3 is 0 Å². The fourth-order valence-corrected chi connectivity index (χ4v) is 2.39. The lowest BCUT2D eigenvalue weighted by atomic mass is 10.3. The predicted molar refractivity (Wildman–Crippen MR) is 59.3 cm³/mol. The van der Waals surface area contributed by atoms with E-state index in [9.17, 15) is 0 Å². The Labute approximate surface area is 90.1 Å². The first-order valence-corrected chi connectivity index (χ1v) is 5.48. The van der Waals surface area contributed by atoms with Crippen molar-refractivity contribution in [2.75, 3.05) is 5.73 Å². The average Bonchev–Trinajstić information content (AvgIpc) is 2.94. The maximum absolute atomic E-state index is 5.85. The van der Waals surface area contributed by atoms with E-state index in [0.717, 1.165) is 21.6 Å². The zero-order valence-corrected chi connectivity index (χ0v) is 9.16. The third-order valence-corrected chi connectivity index (χ3v) is 3.40. The van der Waals surface area contributed by atoms with Gasteiger partial charge in [-0.15, -0.1) is 0 Å². The third kappa shape index (κ3) is 1.07. The number of anilines is 1. The Balaban J connectivity index is 2.33. The topological polar surface area (TPSA) is 43.3 Å². The standard InChI is InChI=1S/C10H10BrN3/c11-9-8(6-3-4-6)13-10-7(12)2-1-5-14(9)10/h1-2,5-6H,3-4,12H2. The number of hydrogen-bond acceptors (Lipinski definition) is 2. The number of hydrogen-bond donors (Lipinski definition) is 1. The highest BCUT2D eigenvalue weighted by molar-refractivity contribution is 9.10. The molecule has 4 heteroatoms. The molecule has 0 aromatic carbocycles. The van der Waals surface area contributed by atoms with Crippen molar-refractivity contribution in [2.24, 2.45) is 0 Å². The molecule has 0 radical (unpaired) electrons. The van der Waals surface area contributed by atoms with Crippen LogP contribution in [-0.2, 0) is 0 Å². The summed E-state index contributed by atoms with van der Waals surface area (Å²) in [5.74, 6) is 0.642. The van der Waals surface area contributed by atoms with Crippen molar-refractivity contribution in [2.45, 2.75) is 18.8 Å². The summed E-state index contributed by atoms with van der Waals surface area (Å²) in [6, 6.07) is 3.82. The molecule has 3 nitrogen and oxygen atoms in total. The average molecular weight is 252 g/mol. The molecule has 0 atom stereocenters. The van der Waals surface area contributed by atoms with Crippen LogP contribution in [0.2, 0.25) is 0 Å². The van der Waals surface area contributed by atoms with E-state index in [1.807, 2.05) is 22.7 Å². The second-order valence-corrected chi connectivity index (χ2v) is 4.47. The van der Waals surface area contributed by atoms with Crippen LogP contribution in [0.5, 0.6) is 0 Å². The van der Waals surface area contributed by atoms with Crippen molar-refractivity contribution in [3.05, 3.63) is 28.6 Å². The van der Waals surface area contributed by atoms with Crippen LogP contribution in [0, 0.1) is 0 Å². The molecule has 2 N–H and O–H groups in total. The van der Waals surface area contributed by atoms with Gasteiger partial charge < -0.3 is 5.73 Å². The Morgan fingerprint density at radius 1 is 1.50 bits per heavy atom. The molecule has 14 heavy (non-hydrogen) atoms. The molecule has 0 spiro atoms. The van der Waals surface area contributed by atoms with Gasteiger partial charge in [0.2, 0.25) is 0 Å². The summed E-state index contributed by atoms with van der Waals surface area (Å²) >= 11 is 3.57. The zero-order valence-electron chi connectivity index (χ0n) is 7.57. The van der Waals surface area contributed by atoms with Gasteiger partial charge in [-0.05, 0) is 40.9 Å². The highest BCUT2D eigenvalue weighted by atomic mass is 79.9. The summed E-state index contributed by atoms with van der Waals surface area (Å²) in [4.78, 5) is 4.56. The van der Waals surface area contributed by atoms with E-state index in [2.05, 4.69) is 20.9 Å². The molecule has 0 aliphatic heterocycles. The third-order valence-electron chi connectivity index (χ3n) is 2.61. The van der Waals surface area contributed by atoms with Gasteiger partial charge in [0.05, 0.1) is 11.4 Å². The van der Waals surface area contributed by atoms with E-state index < -0.39 is 0 Å². The van der Waals surface area contributed by atoms with Gasteiger partial charge in [0, 0.05) is 12.1 Å². The van der Waals surface area contributed by atoms with E-state index in [-0.39, 0.29) is 0 Å². The fourth-order valence-electron chi connectivity index (χ4n) is 1.69. The van der Waals surface area contributed by atoms with Gasteiger partial charge in [-0.25, -0.2) is 4.98 Å². The quantitative estimate of drug-likeness (QED) is 0.847. The molecule has 3 rings (SSSR count). The number of halogens is 1. The molecule has 1 fully saturated rings. The SMILES string of the molecule is Nc1cccn2c(Br)c(C3CC3)nc12. The van der Waals surface area contributed by atoms with Gasteiger partial charge in [-0.2, -0.15) is 0 Å². The van der Waals surface area contributed by atoms with Crippen molar-refractivity contribution >= 4 is 27.3 Å². The highest BCUT2D eigenvalue weighted by Crippen LogP contribution is 2.43. The highest BCUT2D eigenvalue weighted by Gasteiger charge is 2.29. The molecule has 0 unspecified atom stereocenters. The Kier molecular flexibility index (Phi) is 1.62. The molecule has 2 aromatic heterocycles. The first kappa shape index (κ1) is 8.29. The summed E-state index contributed by atoms with van der Waals surface area (Å²) in [6.07, 6.45) is 4.49. The molecule has 2 aromatic rings. The van der Waals surface area contributed by atoms with Crippen LogP contribution < -0.4 is 5.73 Å². The van der Waals surface area contributed by atoms with Crippen LogP contribution >= 0.6 is 15.9 Å². The van der Waals surface area contributed by atoms with Crippen LogP contribution in [0.1, 0.15) is 24.5 Å². The van der Waals surface area contributed by atoms with Crippen LogP contribution in [-0.4, -0.2) is 9.38 Å². The van der Waals surface area contributed by atoms with Crippen molar-refractivity contribution in [3.63, 3.8) is 0 Å². The zero-order chi connectivity index (χ0) is 9.71. The van der Waals surface area contributed by atoms with Crippen LogP contribution in [0.4, 0.5) is 5.69 Å². The maximum Gasteiger partial charge on any atom is 0.161 e. The number of nitrogens with zero attached hydrogens (tertiary/aromatic N) is 2. The van der Waals surface area contributed by atoms with Crippen molar-refractivity contribution in [1.82, 2.24) is 9.38 Å². The predicted octanol–water partition coefficient (Wildman–Crippen LogP) is 2.56. The molecule has 0 bridgehead atoms. The van der Waals surface area contributed by atoms with E-state index in [1.165, 1.54) is 12.8 Å². The number of nitrogen functional groups attached to an aromatic ring is 1. The summed E-state index contributed by atoms with van der Waals surface area (Å²) in [7, 11) is 0. The summed E-state index contributed by atoms with van der Waals surface area (Å²) in [5.41, 5.74) is 8.61. The number of pyridine rings is 1. The van der Waals surface area contributed by atoms with Crippen molar-refractivity contribution in [1.29, 1.82) is 0 Å². The Bertz CT molecular complexity index is 499. The van der Waals surface area contributed by atoms with Crippen LogP contribution in [0.15, 0.2) is 22.9 Å². The molecular weight excluding hydrogens is 242 g/mol. The number of aromatic nitrogens is 2. The fraction of sp³-hybridized carbons (Fsp3) is 0.300. The Hall–Kier alpha value is -1.03. The largest absolute Gasteiger partial charge is 0.396 e.